The van der Waals surface area contributed by atoms with E-state index in [2.05, 4.69) is 30.9 Å². The predicted octanol–water partition coefficient (Wildman–Crippen LogP) is 5.16. The van der Waals surface area contributed by atoms with E-state index in [-0.39, 0.29) is 24.0 Å². The summed E-state index contributed by atoms with van der Waals surface area (Å²) in [5.41, 5.74) is 0.682. The molecule has 0 spiro atoms. The Labute approximate surface area is 239 Å². The van der Waals surface area contributed by atoms with Gasteiger partial charge in [-0.2, -0.15) is 28.1 Å². The standard InChI is InChI=1S/C27H31F3N6O6/c1-26(2,3)42-25(39)31-13-4-14-40-20-11-5-17(6-12-20)15-32-22-34-23(36-24(35-22)41-16-27(28,29)30)33-19-9-7-18(8-10-19)21(37)38/h5-12H,4,13-16H2,1-3H3,(H,31,39)(H,37,38)(H2,32,33,34,35,36). The van der Waals surface area contributed by atoms with Crippen LogP contribution in [-0.4, -0.2) is 63.7 Å². The Morgan fingerprint density at radius 1 is 0.905 bits per heavy atom. The molecule has 3 rings (SSSR count). The number of aromatic carboxylic acids is 1. The molecule has 3 aromatic rings. The first kappa shape index (κ1) is 31.7. The van der Waals surface area contributed by atoms with E-state index in [1.54, 1.807) is 45.0 Å². The number of benzene rings is 2. The van der Waals surface area contributed by atoms with Crippen molar-refractivity contribution in [3.63, 3.8) is 0 Å². The summed E-state index contributed by atoms with van der Waals surface area (Å²) in [6.45, 7) is 4.73. The molecule has 0 saturated carbocycles. The zero-order chi connectivity index (χ0) is 30.8. The molecular weight excluding hydrogens is 561 g/mol. The molecule has 0 bridgehead atoms. The quantitative estimate of drug-likeness (QED) is 0.194. The van der Waals surface area contributed by atoms with Crippen molar-refractivity contribution >= 4 is 29.6 Å². The van der Waals surface area contributed by atoms with E-state index in [0.29, 0.717) is 31.0 Å². The average molecular weight is 593 g/mol. The summed E-state index contributed by atoms with van der Waals surface area (Å²) in [6, 6.07) is 12.1. The van der Waals surface area contributed by atoms with Gasteiger partial charge in [0.05, 0.1) is 12.2 Å². The summed E-state index contributed by atoms with van der Waals surface area (Å²) in [5.74, 6) is -0.662. The number of carbonyl (C=O) groups excluding carboxylic acids is 1. The molecule has 0 atom stereocenters. The highest BCUT2D eigenvalue weighted by Gasteiger charge is 2.29. The third-order valence-corrected chi connectivity index (χ3v) is 5.00. The molecule has 12 nitrogen and oxygen atoms in total. The maximum Gasteiger partial charge on any atom is 0.422 e. The molecule has 0 radical (unpaired) electrons. The van der Waals surface area contributed by atoms with Crippen LogP contribution in [0.4, 0.5) is 35.5 Å². The number of alkyl halides is 3. The van der Waals surface area contributed by atoms with Gasteiger partial charge in [0, 0.05) is 18.8 Å². The van der Waals surface area contributed by atoms with Crippen LogP contribution in [0.3, 0.4) is 0 Å². The second kappa shape index (κ2) is 14.2. The van der Waals surface area contributed by atoms with Gasteiger partial charge in [-0.1, -0.05) is 12.1 Å². The predicted molar refractivity (Wildman–Crippen MR) is 146 cm³/mol. The summed E-state index contributed by atoms with van der Waals surface area (Å²) < 4.78 is 53.6. The minimum atomic E-state index is -4.60. The Balaban J connectivity index is 1.56. The first-order chi connectivity index (χ1) is 19.8. The Hall–Kier alpha value is -4.82. The molecule has 0 aliphatic heterocycles. The highest BCUT2D eigenvalue weighted by Crippen LogP contribution is 2.21. The molecule has 0 aliphatic carbocycles. The Morgan fingerprint density at radius 2 is 1.57 bits per heavy atom. The minimum absolute atomic E-state index is 0.0513. The van der Waals surface area contributed by atoms with E-state index >= 15 is 0 Å². The lowest BCUT2D eigenvalue weighted by atomic mass is 10.2. The summed E-state index contributed by atoms with van der Waals surface area (Å²) in [6.07, 6.45) is -4.52. The minimum Gasteiger partial charge on any atom is -0.494 e. The van der Waals surface area contributed by atoms with Gasteiger partial charge >= 0.3 is 24.2 Å². The van der Waals surface area contributed by atoms with Crippen LogP contribution >= 0.6 is 0 Å². The van der Waals surface area contributed by atoms with Crippen molar-refractivity contribution in [1.82, 2.24) is 20.3 Å². The van der Waals surface area contributed by atoms with Gasteiger partial charge < -0.3 is 35.3 Å². The molecule has 0 fully saturated rings. The van der Waals surface area contributed by atoms with Gasteiger partial charge in [0.15, 0.2) is 6.61 Å². The number of carboxylic acid groups (broad SMARTS) is 1. The van der Waals surface area contributed by atoms with E-state index in [1.807, 2.05) is 0 Å². The first-order valence-electron chi connectivity index (χ1n) is 12.7. The zero-order valence-electron chi connectivity index (χ0n) is 23.1. The van der Waals surface area contributed by atoms with Crippen LogP contribution in [0.5, 0.6) is 11.8 Å². The van der Waals surface area contributed by atoms with Crippen molar-refractivity contribution < 1.29 is 42.1 Å². The van der Waals surface area contributed by atoms with E-state index < -0.39 is 36.5 Å². The van der Waals surface area contributed by atoms with Gasteiger partial charge in [-0.25, -0.2) is 9.59 Å². The number of amides is 1. The molecule has 226 valence electrons. The summed E-state index contributed by atoms with van der Waals surface area (Å²) in [5, 5.41) is 17.4. The molecule has 15 heteroatoms. The lowest BCUT2D eigenvalue weighted by Gasteiger charge is -2.19. The van der Waals surface area contributed by atoms with Crippen LogP contribution < -0.4 is 25.4 Å². The van der Waals surface area contributed by atoms with Crippen LogP contribution in [-0.2, 0) is 11.3 Å². The number of rotatable bonds is 13. The Bertz CT molecular complexity index is 1330. The summed E-state index contributed by atoms with van der Waals surface area (Å²) in [4.78, 5) is 34.6. The molecular formula is C27H31F3N6O6. The number of ether oxygens (including phenoxy) is 3. The highest BCUT2D eigenvalue weighted by molar-refractivity contribution is 5.88. The van der Waals surface area contributed by atoms with Crippen molar-refractivity contribution in [3.8, 4) is 11.8 Å². The summed E-state index contributed by atoms with van der Waals surface area (Å²) >= 11 is 0. The van der Waals surface area contributed by atoms with Gasteiger partial charge in [-0.3, -0.25) is 0 Å². The number of alkyl carbamates (subject to hydrolysis) is 1. The van der Waals surface area contributed by atoms with Crippen LogP contribution in [0.1, 0.15) is 43.1 Å². The fourth-order valence-electron chi connectivity index (χ4n) is 3.18. The van der Waals surface area contributed by atoms with Gasteiger partial charge in [0.1, 0.15) is 11.4 Å². The van der Waals surface area contributed by atoms with E-state index in [9.17, 15) is 22.8 Å². The fraction of sp³-hybridized carbons (Fsp3) is 0.370. The lowest BCUT2D eigenvalue weighted by Crippen LogP contribution is -2.33. The van der Waals surface area contributed by atoms with Crippen molar-refractivity contribution in [2.24, 2.45) is 0 Å². The fourth-order valence-corrected chi connectivity index (χ4v) is 3.18. The Kier molecular flexibility index (Phi) is 10.7. The third-order valence-electron chi connectivity index (χ3n) is 5.00. The molecule has 1 aromatic heterocycles. The smallest absolute Gasteiger partial charge is 0.422 e. The number of halogens is 3. The van der Waals surface area contributed by atoms with E-state index in [4.69, 9.17) is 19.3 Å². The Morgan fingerprint density at radius 3 is 2.19 bits per heavy atom. The van der Waals surface area contributed by atoms with Crippen LogP contribution in [0, 0.1) is 0 Å². The normalized spacial score (nSPS) is 11.4. The van der Waals surface area contributed by atoms with Gasteiger partial charge in [0.2, 0.25) is 11.9 Å². The van der Waals surface area contributed by atoms with Crippen molar-refractivity contribution in [2.45, 2.75) is 45.5 Å². The largest absolute Gasteiger partial charge is 0.494 e. The number of anilines is 3. The number of nitrogens with zero attached hydrogens (tertiary/aromatic N) is 3. The number of hydrogen-bond donors (Lipinski definition) is 4. The SMILES string of the molecule is CC(C)(C)OC(=O)NCCCOc1ccc(CNc2nc(Nc3ccc(C(=O)O)cc3)nc(OCC(F)(F)F)n2)cc1. The van der Waals surface area contributed by atoms with Crippen molar-refractivity contribution in [3.05, 3.63) is 59.7 Å². The van der Waals surface area contributed by atoms with Crippen molar-refractivity contribution in [1.29, 1.82) is 0 Å². The van der Waals surface area contributed by atoms with Crippen LogP contribution in [0.25, 0.3) is 0 Å². The maximum absolute atomic E-state index is 12.7. The van der Waals surface area contributed by atoms with Crippen LogP contribution in [0.15, 0.2) is 48.5 Å². The van der Waals surface area contributed by atoms with Gasteiger partial charge in [-0.15, -0.1) is 0 Å². The first-order valence-corrected chi connectivity index (χ1v) is 12.7. The number of carbonyl (C=O) groups is 2. The van der Waals surface area contributed by atoms with Gasteiger partial charge in [-0.05, 0) is 69.2 Å². The second-order valence-electron chi connectivity index (χ2n) is 9.80. The zero-order valence-corrected chi connectivity index (χ0v) is 23.1. The lowest BCUT2D eigenvalue weighted by molar-refractivity contribution is -0.154. The number of hydrogen-bond acceptors (Lipinski definition) is 10. The monoisotopic (exact) mass is 592 g/mol. The van der Waals surface area contributed by atoms with Crippen molar-refractivity contribution in [2.75, 3.05) is 30.4 Å². The molecule has 0 aliphatic rings. The summed E-state index contributed by atoms with van der Waals surface area (Å²) in [7, 11) is 0. The topological polar surface area (TPSA) is 157 Å². The number of carboxylic acids is 1. The van der Waals surface area contributed by atoms with Crippen LogP contribution in [0.2, 0.25) is 0 Å². The molecule has 1 amide bonds. The van der Waals surface area contributed by atoms with E-state index in [1.165, 1.54) is 24.3 Å². The van der Waals surface area contributed by atoms with Gasteiger partial charge in [0.25, 0.3) is 0 Å². The molecule has 0 unspecified atom stereocenters. The number of aromatic nitrogens is 3. The average Bonchev–Trinajstić information content (AvgIpc) is 2.90. The molecule has 4 N–H and O–H groups in total. The molecule has 2 aromatic carbocycles. The molecule has 0 saturated heterocycles. The second-order valence-corrected chi connectivity index (χ2v) is 9.80. The third kappa shape index (κ3) is 11.7. The molecule has 42 heavy (non-hydrogen) atoms. The highest BCUT2D eigenvalue weighted by atomic mass is 19.4. The maximum atomic E-state index is 12.7. The van der Waals surface area contributed by atoms with E-state index in [0.717, 1.165) is 5.56 Å². The number of nitrogens with one attached hydrogen (secondary N) is 3. The molecule has 1 heterocycles.